The van der Waals surface area contributed by atoms with Gasteiger partial charge in [-0.2, -0.15) is 0 Å². The van der Waals surface area contributed by atoms with Crippen LogP contribution in [0.25, 0.3) is 5.70 Å². The lowest BCUT2D eigenvalue weighted by molar-refractivity contribution is 0.0948. The van der Waals surface area contributed by atoms with Crippen LogP contribution in [0.4, 0.5) is 8.78 Å². The van der Waals surface area contributed by atoms with Crippen LogP contribution < -0.4 is 20.9 Å². The topological polar surface area (TPSA) is 62.4 Å². The number of rotatable bonds is 10. The molecule has 0 aliphatic rings. The molecule has 0 bridgehead atoms. The number of hydrazine groups is 1. The van der Waals surface area contributed by atoms with Crippen LogP contribution in [0.5, 0.6) is 11.5 Å². The summed E-state index contributed by atoms with van der Waals surface area (Å²) in [4.78, 5) is 12.7. The van der Waals surface area contributed by atoms with E-state index in [0.29, 0.717) is 11.8 Å². The first-order chi connectivity index (χ1) is 15.9. The highest BCUT2D eigenvalue weighted by Gasteiger charge is 2.15. The van der Waals surface area contributed by atoms with Gasteiger partial charge >= 0.3 is 0 Å². The third-order valence-electron chi connectivity index (χ3n) is 5.06. The van der Waals surface area contributed by atoms with Crippen molar-refractivity contribution in [2.75, 3.05) is 0 Å². The third kappa shape index (κ3) is 6.89. The number of benzene rings is 3. The molecule has 0 aromatic heterocycles. The molecule has 0 saturated carbocycles. The Morgan fingerprint density at radius 3 is 2.33 bits per heavy atom. The zero-order valence-electron chi connectivity index (χ0n) is 18.6. The summed E-state index contributed by atoms with van der Waals surface area (Å²) in [6.07, 6.45) is 0.987. The van der Waals surface area contributed by atoms with Crippen LogP contribution in [0.1, 0.15) is 41.8 Å². The predicted octanol–water partition coefficient (Wildman–Crippen LogP) is 5.55. The lowest BCUT2D eigenvalue weighted by Gasteiger charge is -2.16. The first-order valence-electron chi connectivity index (χ1n) is 10.7. The number of carbonyl (C=O) groups excluding carboxylic acids is 1. The minimum Gasteiger partial charge on any atom is -0.457 e. The Kier molecular flexibility index (Phi) is 8.16. The van der Waals surface area contributed by atoms with Gasteiger partial charge in [0.1, 0.15) is 23.1 Å². The highest BCUT2D eigenvalue weighted by Crippen LogP contribution is 2.26. The van der Waals surface area contributed by atoms with Crippen LogP contribution in [-0.4, -0.2) is 11.9 Å². The van der Waals surface area contributed by atoms with E-state index in [-0.39, 0.29) is 17.9 Å². The van der Waals surface area contributed by atoms with Gasteiger partial charge in [0, 0.05) is 18.3 Å². The normalized spacial score (nSPS) is 11.5. The zero-order chi connectivity index (χ0) is 23.8. The van der Waals surface area contributed by atoms with E-state index in [4.69, 9.17) is 4.74 Å². The molecule has 0 heterocycles. The first-order valence-corrected chi connectivity index (χ1v) is 10.7. The molecule has 3 N–H and O–H groups in total. The van der Waals surface area contributed by atoms with E-state index in [9.17, 15) is 13.6 Å². The summed E-state index contributed by atoms with van der Waals surface area (Å²) < 4.78 is 32.6. The van der Waals surface area contributed by atoms with Crippen molar-refractivity contribution >= 4 is 11.6 Å². The number of hydrogen-bond acceptors (Lipinski definition) is 4. The quantitative estimate of drug-likeness (QED) is 0.354. The lowest BCUT2D eigenvalue weighted by Crippen LogP contribution is -2.37. The van der Waals surface area contributed by atoms with E-state index in [2.05, 4.69) is 36.6 Å². The van der Waals surface area contributed by atoms with Crippen molar-refractivity contribution in [3.8, 4) is 11.5 Å². The van der Waals surface area contributed by atoms with Gasteiger partial charge in [-0.05, 0) is 66.9 Å². The monoisotopic (exact) mass is 451 g/mol. The summed E-state index contributed by atoms with van der Waals surface area (Å²) in [5.74, 6) is -0.944. The number of halogens is 2. The zero-order valence-corrected chi connectivity index (χ0v) is 18.6. The Bertz CT molecular complexity index is 1100. The number of carbonyl (C=O) groups is 1. The SMILES string of the molecule is C=C(NNC(C)CC)c1ccc(CNC(=O)c2cc(F)ccc2Oc2ccc(F)cc2)cc1. The molecule has 3 rings (SSSR count). The fourth-order valence-corrected chi connectivity index (χ4v) is 2.88. The standard InChI is InChI=1S/C26H27F2N3O2/c1-4-17(2)30-31-18(3)20-7-5-19(6-8-20)16-29-26(32)24-15-22(28)11-14-25(24)33-23-12-9-21(27)10-13-23/h5-15,17,30-31H,3-4,16H2,1-2H3,(H,29,32). The van der Waals surface area contributed by atoms with Gasteiger partial charge in [-0.25, -0.2) is 14.2 Å². The van der Waals surface area contributed by atoms with Gasteiger partial charge in [0.25, 0.3) is 5.91 Å². The van der Waals surface area contributed by atoms with Gasteiger partial charge in [0.15, 0.2) is 0 Å². The van der Waals surface area contributed by atoms with Gasteiger partial charge in [-0.15, -0.1) is 0 Å². The molecular weight excluding hydrogens is 424 g/mol. The van der Waals surface area contributed by atoms with Gasteiger partial charge in [0.2, 0.25) is 0 Å². The molecule has 0 saturated heterocycles. The molecule has 0 radical (unpaired) electrons. The van der Waals surface area contributed by atoms with Crippen molar-refractivity contribution in [2.24, 2.45) is 0 Å². The third-order valence-corrected chi connectivity index (χ3v) is 5.06. The second-order valence-electron chi connectivity index (χ2n) is 7.63. The fourth-order valence-electron chi connectivity index (χ4n) is 2.88. The molecule has 5 nitrogen and oxygen atoms in total. The number of ether oxygens (including phenoxy) is 1. The summed E-state index contributed by atoms with van der Waals surface area (Å²) >= 11 is 0. The van der Waals surface area contributed by atoms with E-state index in [1.165, 1.54) is 36.4 Å². The molecule has 0 aliphatic carbocycles. The highest BCUT2D eigenvalue weighted by molar-refractivity contribution is 5.97. The molecule has 3 aromatic rings. The van der Waals surface area contributed by atoms with Crippen LogP contribution in [0.2, 0.25) is 0 Å². The number of amides is 1. The second-order valence-corrected chi connectivity index (χ2v) is 7.63. The average molecular weight is 452 g/mol. The molecule has 0 aliphatic heterocycles. The maximum Gasteiger partial charge on any atom is 0.255 e. The van der Waals surface area contributed by atoms with Crippen molar-refractivity contribution < 1.29 is 18.3 Å². The molecule has 1 unspecified atom stereocenters. The molecule has 1 atom stereocenters. The summed E-state index contributed by atoms with van der Waals surface area (Å²) in [7, 11) is 0. The highest BCUT2D eigenvalue weighted by atomic mass is 19.1. The van der Waals surface area contributed by atoms with Crippen molar-refractivity contribution in [2.45, 2.75) is 32.9 Å². The van der Waals surface area contributed by atoms with Gasteiger partial charge in [-0.1, -0.05) is 37.8 Å². The smallest absolute Gasteiger partial charge is 0.255 e. The largest absolute Gasteiger partial charge is 0.457 e. The molecule has 172 valence electrons. The van der Waals surface area contributed by atoms with Crippen LogP contribution in [0.15, 0.2) is 73.3 Å². The van der Waals surface area contributed by atoms with E-state index in [0.717, 1.165) is 29.3 Å². The summed E-state index contributed by atoms with van der Waals surface area (Å²) in [6.45, 7) is 8.43. The Balaban J connectivity index is 1.63. The first kappa shape index (κ1) is 23.9. The van der Waals surface area contributed by atoms with Crippen molar-refractivity contribution in [1.82, 2.24) is 16.2 Å². The van der Waals surface area contributed by atoms with Gasteiger partial charge < -0.3 is 15.5 Å². The van der Waals surface area contributed by atoms with Crippen LogP contribution in [0, 0.1) is 11.6 Å². The molecule has 7 heteroatoms. The van der Waals surface area contributed by atoms with Crippen LogP contribution in [-0.2, 0) is 6.54 Å². The van der Waals surface area contributed by atoms with Gasteiger partial charge in [-0.3, -0.25) is 4.79 Å². The Morgan fingerprint density at radius 1 is 1.00 bits per heavy atom. The maximum atomic E-state index is 13.8. The minimum atomic E-state index is -0.562. The molecular formula is C26H27F2N3O2. The van der Waals surface area contributed by atoms with Crippen molar-refractivity contribution in [3.63, 3.8) is 0 Å². The lowest BCUT2D eigenvalue weighted by atomic mass is 10.1. The Labute approximate surface area is 192 Å². The predicted molar refractivity (Wildman–Crippen MR) is 126 cm³/mol. The fraction of sp³-hybridized carbons (Fsp3) is 0.192. The molecule has 0 spiro atoms. The summed E-state index contributed by atoms with van der Waals surface area (Å²) in [5, 5.41) is 2.78. The Hall–Kier alpha value is -3.71. The molecule has 1 amide bonds. The minimum absolute atomic E-state index is 0.0460. The number of hydrogen-bond donors (Lipinski definition) is 3. The van der Waals surface area contributed by atoms with Crippen molar-refractivity contribution in [3.05, 3.63) is 102 Å². The molecule has 3 aromatic carbocycles. The van der Waals surface area contributed by atoms with E-state index in [1.807, 2.05) is 24.3 Å². The molecule has 33 heavy (non-hydrogen) atoms. The van der Waals surface area contributed by atoms with Crippen LogP contribution in [0.3, 0.4) is 0 Å². The van der Waals surface area contributed by atoms with Crippen molar-refractivity contribution in [1.29, 1.82) is 0 Å². The van der Waals surface area contributed by atoms with E-state index in [1.54, 1.807) is 0 Å². The van der Waals surface area contributed by atoms with E-state index >= 15 is 0 Å². The second kappa shape index (κ2) is 11.2. The van der Waals surface area contributed by atoms with Gasteiger partial charge in [0.05, 0.1) is 5.56 Å². The van der Waals surface area contributed by atoms with E-state index < -0.39 is 17.5 Å². The summed E-state index contributed by atoms with van der Waals surface area (Å²) in [6, 6.07) is 16.9. The van der Waals surface area contributed by atoms with Crippen LogP contribution >= 0.6 is 0 Å². The average Bonchev–Trinajstić information content (AvgIpc) is 2.83. The summed E-state index contributed by atoms with van der Waals surface area (Å²) in [5.41, 5.74) is 8.83. The Morgan fingerprint density at radius 2 is 1.67 bits per heavy atom. The maximum absolute atomic E-state index is 13.8. The number of nitrogens with one attached hydrogen (secondary N) is 3. The molecule has 0 fully saturated rings.